The number of nitro groups is 1. The molecule has 0 unspecified atom stereocenters. The van der Waals surface area contributed by atoms with E-state index in [1.54, 1.807) is 20.8 Å². The summed E-state index contributed by atoms with van der Waals surface area (Å²) < 4.78 is 28.1. The summed E-state index contributed by atoms with van der Waals surface area (Å²) in [5.74, 6) is -0.101. The molecule has 1 amide bonds. The first-order valence-electron chi connectivity index (χ1n) is 11.6. The SMILES string of the molecule is CC(C)CN(C[C@@H](O)[C@H](Cc1ccccc1)N(C(=O)O)C(C)(C)C)S(=O)(=O)c1ccc([N+](=O)[O-])cc1. The average Bonchev–Trinajstić information content (AvgIpc) is 2.77. The van der Waals surface area contributed by atoms with E-state index in [1.165, 1.54) is 0 Å². The number of aliphatic hydroxyl groups is 1. The molecule has 0 aliphatic heterocycles. The van der Waals surface area contributed by atoms with Gasteiger partial charge >= 0.3 is 6.09 Å². The summed E-state index contributed by atoms with van der Waals surface area (Å²) in [6, 6.07) is 12.7. The van der Waals surface area contributed by atoms with Crippen LogP contribution in [0.1, 0.15) is 40.2 Å². The lowest BCUT2D eigenvalue weighted by Crippen LogP contribution is -2.58. The van der Waals surface area contributed by atoms with Crippen LogP contribution in [0.25, 0.3) is 0 Å². The van der Waals surface area contributed by atoms with Crippen molar-refractivity contribution >= 4 is 21.8 Å². The number of nitro benzene ring substituents is 1. The predicted octanol–water partition coefficient (Wildman–Crippen LogP) is 3.99. The van der Waals surface area contributed by atoms with Gasteiger partial charge in [-0.25, -0.2) is 13.2 Å². The number of hydrogen-bond donors (Lipinski definition) is 2. The number of amides is 1. The molecular formula is C25H35N3O7S. The quantitative estimate of drug-likeness (QED) is 0.336. The lowest BCUT2D eigenvalue weighted by molar-refractivity contribution is -0.384. The first kappa shape index (κ1) is 29.2. The van der Waals surface area contributed by atoms with Crippen LogP contribution in [0.15, 0.2) is 59.5 Å². The Morgan fingerprint density at radius 2 is 1.58 bits per heavy atom. The summed E-state index contributed by atoms with van der Waals surface area (Å²) in [6.45, 7) is 8.50. The number of benzene rings is 2. The van der Waals surface area contributed by atoms with E-state index in [-0.39, 0.29) is 36.0 Å². The lowest BCUT2D eigenvalue weighted by atomic mass is 9.94. The standard InChI is InChI=1S/C25H35N3O7S/c1-18(2)16-26(36(34,35)21-13-11-20(12-14-21)28(32)33)17-23(29)22(15-19-9-7-6-8-10-19)27(24(30)31)25(3,4)5/h6-14,18,22-23,29H,15-17H2,1-5H3,(H,30,31)/t22-,23+/m0/s1. The Morgan fingerprint density at radius 1 is 1.03 bits per heavy atom. The van der Waals surface area contributed by atoms with Gasteiger partial charge in [0.25, 0.3) is 5.69 Å². The summed E-state index contributed by atoms with van der Waals surface area (Å²) in [5, 5.41) is 32.4. The molecule has 2 aromatic rings. The lowest BCUT2D eigenvalue weighted by Gasteiger charge is -2.42. The van der Waals surface area contributed by atoms with Crippen molar-refractivity contribution in [3.05, 3.63) is 70.3 Å². The van der Waals surface area contributed by atoms with Crippen molar-refractivity contribution in [1.29, 1.82) is 0 Å². The molecule has 2 atom stereocenters. The van der Waals surface area contributed by atoms with E-state index >= 15 is 0 Å². The van der Waals surface area contributed by atoms with Crippen LogP contribution in [0.2, 0.25) is 0 Å². The van der Waals surface area contributed by atoms with Crippen molar-refractivity contribution in [2.24, 2.45) is 5.92 Å². The predicted molar refractivity (Wildman–Crippen MR) is 136 cm³/mol. The highest BCUT2D eigenvalue weighted by Crippen LogP contribution is 2.26. The monoisotopic (exact) mass is 521 g/mol. The molecule has 0 saturated carbocycles. The second kappa shape index (κ2) is 11.8. The molecule has 11 heteroatoms. The van der Waals surface area contributed by atoms with Crippen LogP contribution in [0.3, 0.4) is 0 Å². The van der Waals surface area contributed by atoms with E-state index < -0.39 is 38.7 Å². The number of carboxylic acid groups (broad SMARTS) is 1. The Balaban J connectivity index is 2.47. The smallest absolute Gasteiger partial charge is 0.408 e. The van der Waals surface area contributed by atoms with Crippen LogP contribution in [0.5, 0.6) is 0 Å². The summed E-state index contributed by atoms with van der Waals surface area (Å²) in [6.07, 6.45) is -2.40. The number of hydrogen-bond acceptors (Lipinski definition) is 6. The van der Waals surface area contributed by atoms with Crippen LogP contribution in [0.4, 0.5) is 10.5 Å². The Morgan fingerprint density at radius 3 is 2.03 bits per heavy atom. The summed E-state index contributed by atoms with van der Waals surface area (Å²) in [5.41, 5.74) is -0.313. The molecule has 0 saturated heterocycles. The molecular weight excluding hydrogens is 486 g/mol. The van der Waals surface area contributed by atoms with E-state index in [0.717, 1.165) is 39.0 Å². The van der Waals surface area contributed by atoms with E-state index in [2.05, 4.69) is 0 Å². The van der Waals surface area contributed by atoms with Gasteiger partial charge in [0.15, 0.2) is 0 Å². The van der Waals surface area contributed by atoms with Gasteiger partial charge in [0.05, 0.1) is 22.0 Å². The third-order valence-corrected chi connectivity index (χ3v) is 7.48. The molecule has 36 heavy (non-hydrogen) atoms. The Bertz CT molecular complexity index is 1130. The van der Waals surface area contributed by atoms with Crippen molar-refractivity contribution in [2.45, 2.75) is 63.6 Å². The minimum absolute atomic E-state index is 0.0665. The van der Waals surface area contributed by atoms with Crippen LogP contribution < -0.4 is 0 Å². The van der Waals surface area contributed by atoms with Crippen molar-refractivity contribution in [3.8, 4) is 0 Å². The Hall–Kier alpha value is -3.02. The minimum Gasteiger partial charge on any atom is -0.465 e. The van der Waals surface area contributed by atoms with Crippen LogP contribution in [0, 0.1) is 16.0 Å². The van der Waals surface area contributed by atoms with Gasteiger partial charge in [-0.05, 0) is 50.8 Å². The molecule has 0 radical (unpaired) electrons. The molecule has 198 valence electrons. The molecule has 2 N–H and O–H groups in total. The summed E-state index contributed by atoms with van der Waals surface area (Å²) >= 11 is 0. The normalized spacial score (nSPS) is 14.0. The first-order chi connectivity index (χ1) is 16.6. The second-order valence-corrected chi connectivity index (χ2v) is 12.1. The van der Waals surface area contributed by atoms with Gasteiger partial charge in [-0.1, -0.05) is 44.2 Å². The number of aliphatic hydroxyl groups excluding tert-OH is 1. The molecule has 2 aromatic carbocycles. The molecule has 0 heterocycles. The minimum atomic E-state index is -4.14. The number of non-ortho nitro benzene ring substituents is 1. The molecule has 0 aromatic heterocycles. The van der Waals surface area contributed by atoms with Gasteiger partial charge in [0.2, 0.25) is 10.0 Å². The van der Waals surface area contributed by atoms with Gasteiger partial charge in [-0.15, -0.1) is 0 Å². The van der Waals surface area contributed by atoms with Gasteiger partial charge < -0.3 is 10.2 Å². The topological polar surface area (TPSA) is 141 Å². The molecule has 0 fully saturated rings. The third kappa shape index (κ3) is 7.49. The maximum Gasteiger partial charge on any atom is 0.408 e. The van der Waals surface area contributed by atoms with Crippen molar-refractivity contribution in [1.82, 2.24) is 9.21 Å². The zero-order valence-electron chi connectivity index (χ0n) is 21.2. The molecule has 0 spiro atoms. The van der Waals surface area contributed by atoms with Gasteiger partial charge in [-0.2, -0.15) is 4.31 Å². The van der Waals surface area contributed by atoms with Gasteiger partial charge in [0, 0.05) is 30.8 Å². The Kier molecular flexibility index (Phi) is 9.58. The number of carbonyl (C=O) groups is 1. The van der Waals surface area contributed by atoms with E-state index in [9.17, 15) is 33.5 Å². The summed E-state index contributed by atoms with van der Waals surface area (Å²) in [4.78, 5) is 23.6. The van der Waals surface area contributed by atoms with Crippen molar-refractivity contribution in [2.75, 3.05) is 13.1 Å². The zero-order valence-corrected chi connectivity index (χ0v) is 22.1. The van der Waals surface area contributed by atoms with Gasteiger partial charge in [0.1, 0.15) is 0 Å². The number of nitrogens with zero attached hydrogens (tertiary/aromatic N) is 3. The zero-order chi connectivity index (χ0) is 27.3. The number of rotatable bonds is 11. The first-order valence-corrected chi connectivity index (χ1v) is 13.1. The highest BCUT2D eigenvalue weighted by atomic mass is 32.2. The third-order valence-electron chi connectivity index (χ3n) is 5.64. The highest BCUT2D eigenvalue weighted by molar-refractivity contribution is 7.89. The van der Waals surface area contributed by atoms with Crippen molar-refractivity contribution in [3.63, 3.8) is 0 Å². The van der Waals surface area contributed by atoms with Gasteiger partial charge in [-0.3, -0.25) is 15.0 Å². The molecule has 0 aliphatic rings. The average molecular weight is 522 g/mol. The van der Waals surface area contributed by atoms with E-state index in [0.29, 0.717) is 0 Å². The fraction of sp³-hybridized carbons (Fsp3) is 0.480. The maximum atomic E-state index is 13.5. The summed E-state index contributed by atoms with van der Waals surface area (Å²) in [7, 11) is -4.14. The molecule has 10 nitrogen and oxygen atoms in total. The molecule has 0 bridgehead atoms. The fourth-order valence-corrected chi connectivity index (χ4v) is 5.70. The fourth-order valence-electron chi connectivity index (χ4n) is 4.08. The Labute approximate surface area is 212 Å². The van der Waals surface area contributed by atoms with Crippen molar-refractivity contribution < 1.29 is 28.3 Å². The van der Waals surface area contributed by atoms with Crippen LogP contribution >= 0.6 is 0 Å². The van der Waals surface area contributed by atoms with Crippen LogP contribution in [-0.2, 0) is 16.4 Å². The molecule has 0 aliphatic carbocycles. The maximum absolute atomic E-state index is 13.5. The molecule has 2 rings (SSSR count). The number of sulfonamides is 1. The highest BCUT2D eigenvalue weighted by Gasteiger charge is 2.39. The van der Waals surface area contributed by atoms with Crippen LogP contribution in [-0.4, -0.2) is 69.6 Å². The second-order valence-electron chi connectivity index (χ2n) is 10.1. The van der Waals surface area contributed by atoms with E-state index in [4.69, 9.17) is 0 Å². The van der Waals surface area contributed by atoms with E-state index in [1.807, 2.05) is 44.2 Å². The largest absolute Gasteiger partial charge is 0.465 e.